The van der Waals surface area contributed by atoms with Crippen LogP contribution in [0.25, 0.3) is 0 Å². The molecule has 0 aliphatic carbocycles. The minimum absolute atomic E-state index is 0.0654. The highest BCUT2D eigenvalue weighted by Crippen LogP contribution is 2.35. The quantitative estimate of drug-likeness (QED) is 0.245. The van der Waals surface area contributed by atoms with E-state index in [0.29, 0.717) is 16.5 Å². The van der Waals surface area contributed by atoms with Gasteiger partial charge in [-0.2, -0.15) is 0 Å². The van der Waals surface area contributed by atoms with Gasteiger partial charge < -0.3 is 9.62 Å². The van der Waals surface area contributed by atoms with Crippen LogP contribution in [0.1, 0.15) is 63.0 Å². The lowest BCUT2D eigenvalue weighted by Crippen LogP contribution is -2.34. The van der Waals surface area contributed by atoms with Gasteiger partial charge in [0, 0.05) is 45.8 Å². The third-order valence-corrected chi connectivity index (χ3v) is 9.59. The Kier molecular flexibility index (Phi) is 12.9. The van der Waals surface area contributed by atoms with E-state index in [1.165, 1.54) is 36.1 Å². The number of anilines is 1. The number of halogens is 1. The van der Waals surface area contributed by atoms with Gasteiger partial charge in [0.2, 0.25) is 0 Å². The normalized spacial score (nSPS) is 13.5. The molecular weight excluding hydrogens is 564 g/mol. The maximum Gasteiger partial charge on any atom is 0.273 e. The number of nitrogens with one attached hydrogen (secondary N) is 1. The summed E-state index contributed by atoms with van der Waals surface area (Å²) in [5.41, 5.74) is 1.55. The third kappa shape index (κ3) is 9.35. The molecule has 39 heavy (non-hydrogen) atoms. The topological polar surface area (TPSA) is 48.5 Å². The first kappa shape index (κ1) is 31.7. The van der Waals surface area contributed by atoms with Gasteiger partial charge in [0.05, 0.1) is 5.02 Å². The third-order valence-electron chi connectivity index (χ3n) is 6.11. The average Bonchev–Trinajstić information content (AvgIpc) is 2.95. The second-order valence-electron chi connectivity index (χ2n) is 9.35. The number of hydrogen-bond donors (Lipinski definition) is 1. The number of piperidine rings is 1. The van der Waals surface area contributed by atoms with Gasteiger partial charge in [0.15, 0.2) is 0 Å². The van der Waals surface area contributed by atoms with E-state index < -0.39 is 0 Å². The molecule has 2 heterocycles. The first-order valence-electron chi connectivity index (χ1n) is 13.5. The maximum atomic E-state index is 13.4. The molecule has 0 saturated carbocycles. The second-order valence-corrected chi connectivity index (χ2v) is 12.9. The Bertz CT molecular complexity index is 1220. The van der Waals surface area contributed by atoms with E-state index in [-0.39, 0.29) is 11.9 Å². The lowest BCUT2D eigenvalue weighted by atomic mass is 10.2. The van der Waals surface area contributed by atoms with Gasteiger partial charge in [-0.1, -0.05) is 49.7 Å². The predicted molar refractivity (Wildman–Crippen MR) is 170 cm³/mol. The van der Waals surface area contributed by atoms with E-state index in [0.717, 1.165) is 33.3 Å². The van der Waals surface area contributed by atoms with Gasteiger partial charge in [-0.15, -0.1) is 0 Å². The van der Waals surface area contributed by atoms with E-state index in [1.807, 2.05) is 83.9 Å². The molecule has 9 heteroatoms. The van der Waals surface area contributed by atoms with Gasteiger partial charge in [-0.25, -0.2) is 9.29 Å². The molecule has 0 radical (unpaired) electrons. The Labute approximate surface area is 252 Å². The zero-order valence-electron chi connectivity index (χ0n) is 23.7. The van der Waals surface area contributed by atoms with E-state index in [9.17, 15) is 4.79 Å². The maximum absolute atomic E-state index is 13.4. The summed E-state index contributed by atoms with van der Waals surface area (Å²) in [7, 11) is 1.82. The van der Waals surface area contributed by atoms with Gasteiger partial charge in [-0.05, 0) is 112 Å². The summed E-state index contributed by atoms with van der Waals surface area (Å²) < 4.78 is 5.70. The Morgan fingerprint density at radius 3 is 2.26 bits per heavy atom. The molecule has 5 nitrogen and oxygen atoms in total. The largest absolute Gasteiger partial charge is 0.338 e. The molecule has 1 N–H and O–H groups in total. The van der Waals surface area contributed by atoms with Crippen LogP contribution in [-0.2, 0) is 0 Å². The van der Waals surface area contributed by atoms with Gasteiger partial charge in [-0.3, -0.25) is 4.79 Å². The number of amides is 1. The number of aromatic nitrogens is 1. The standard InChI is InChI=1S/C28H33ClN4OS3.C2H6/c1-19(2)32(4)28(34)27-25(14-15-26(30-27)31-36-24-13-8-20(3)18-23(24)29)35-21-9-11-22(12-10-21)37-33-16-6-5-7-17-33;1-2/h8-15,18-19H,5-7,16-17H2,1-4H3,(H,30,31);1-2H3. The molecule has 0 unspecified atom stereocenters. The van der Waals surface area contributed by atoms with Gasteiger partial charge in [0.1, 0.15) is 11.5 Å². The molecule has 210 valence electrons. The van der Waals surface area contributed by atoms with Crippen LogP contribution in [0.3, 0.4) is 0 Å². The Hall–Kier alpha value is -1.84. The highest BCUT2D eigenvalue weighted by Gasteiger charge is 2.21. The number of benzene rings is 2. The highest BCUT2D eigenvalue weighted by atomic mass is 35.5. The van der Waals surface area contributed by atoms with Crippen molar-refractivity contribution in [2.75, 3.05) is 24.9 Å². The molecule has 0 atom stereocenters. The summed E-state index contributed by atoms with van der Waals surface area (Å²) in [6.45, 7) is 12.3. The minimum Gasteiger partial charge on any atom is -0.338 e. The number of hydrogen-bond acceptors (Lipinski definition) is 7. The van der Waals surface area contributed by atoms with Crippen molar-refractivity contribution < 1.29 is 4.79 Å². The van der Waals surface area contributed by atoms with Crippen molar-refractivity contribution in [2.45, 2.75) is 79.5 Å². The summed E-state index contributed by atoms with van der Waals surface area (Å²) in [4.78, 5) is 23.9. The summed E-state index contributed by atoms with van der Waals surface area (Å²) in [6, 6.07) is 18.4. The van der Waals surface area contributed by atoms with Crippen molar-refractivity contribution in [3.63, 3.8) is 0 Å². The number of nitrogens with zero attached hydrogens (tertiary/aromatic N) is 3. The van der Waals surface area contributed by atoms with Crippen molar-refractivity contribution >= 4 is 59.0 Å². The summed E-state index contributed by atoms with van der Waals surface area (Å²) in [5.74, 6) is 0.511. The molecule has 1 fully saturated rings. The van der Waals surface area contributed by atoms with Crippen molar-refractivity contribution in [3.8, 4) is 0 Å². The SMILES string of the molecule is CC.Cc1ccc(SNc2ccc(Sc3ccc(SN4CCCCC4)cc3)c(C(=O)N(C)C(C)C)n2)c(Cl)c1. The molecule has 3 aromatic rings. The first-order valence-corrected chi connectivity index (χ1v) is 16.3. The summed E-state index contributed by atoms with van der Waals surface area (Å²) in [5, 5.41) is 0.683. The molecule has 1 saturated heterocycles. The Morgan fingerprint density at radius 2 is 1.62 bits per heavy atom. The molecule has 1 amide bonds. The minimum atomic E-state index is -0.100. The van der Waals surface area contributed by atoms with Crippen molar-refractivity contribution in [2.24, 2.45) is 0 Å². The summed E-state index contributed by atoms with van der Waals surface area (Å²) >= 11 is 11.2. The first-order chi connectivity index (χ1) is 18.8. The molecule has 0 spiro atoms. The van der Waals surface area contributed by atoms with Crippen LogP contribution in [-0.4, -0.2) is 46.3 Å². The van der Waals surface area contributed by atoms with Crippen molar-refractivity contribution in [1.29, 1.82) is 0 Å². The van der Waals surface area contributed by atoms with Crippen LogP contribution in [0.5, 0.6) is 0 Å². The molecule has 1 aromatic heterocycles. The van der Waals surface area contributed by atoms with Crippen LogP contribution in [0.2, 0.25) is 5.02 Å². The molecule has 0 bridgehead atoms. The number of rotatable bonds is 9. The zero-order chi connectivity index (χ0) is 28.4. The number of aryl methyl sites for hydroxylation is 1. The second kappa shape index (κ2) is 15.8. The fraction of sp³-hybridized carbons (Fsp3) is 0.400. The predicted octanol–water partition coefficient (Wildman–Crippen LogP) is 9.31. The highest BCUT2D eigenvalue weighted by molar-refractivity contribution is 8.00. The van der Waals surface area contributed by atoms with E-state index >= 15 is 0 Å². The number of carbonyl (C=O) groups is 1. The number of carbonyl (C=O) groups excluding carboxylic acids is 1. The molecule has 1 aliphatic rings. The van der Waals surface area contributed by atoms with Crippen LogP contribution in [0, 0.1) is 6.92 Å². The molecular formula is C30H39ClN4OS3. The molecule has 4 rings (SSSR count). The van der Waals surface area contributed by atoms with Crippen LogP contribution >= 0.6 is 47.3 Å². The van der Waals surface area contributed by atoms with Gasteiger partial charge >= 0.3 is 0 Å². The van der Waals surface area contributed by atoms with Crippen LogP contribution in [0.15, 0.2) is 74.2 Å². The smallest absolute Gasteiger partial charge is 0.273 e. The van der Waals surface area contributed by atoms with E-state index in [2.05, 4.69) is 33.3 Å². The molecule has 1 aliphatic heterocycles. The monoisotopic (exact) mass is 602 g/mol. The fourth-order valence-corrected chi connectivity index (χ4v) is 6.60. The fourth-order valence-electron chi connectivity index (χ4n) is 3.74. The van der Waals surface area contributed by atoms with Crippen molar-refractivity contribution in [1.82, 2.24) is 14.2 Å². The van der Waals surface area contributed by atoms with Crippen LogP contribution in [0.4, 0.5) is 5.82 Å². The zero-order valence-corrected chi connectivity index (χ0v) is 26.9. The Morgan fingerprint density at radius 1 is 0.974 bits per heavy atom. The van der Waals surface area contributed by atoms with Crippen molar-refractivity contribution in [3.05, 3.63) is 70.9 Å². The van der Waals surface area contributed by atoms with Crippen LogP contribution < -0.4 is 4.72 Å². The lowest BCUT2D eigenvalue weighted by Gasteiger charge is -2.25. The van der Waals surface area contributed by atoms with E-state index in [4.69, 9.17) is 16.6 Å². The number of pyridine rings is 1. The average molecular weight is 603 g/mol. The molecule has 2 aromatic carbocycles. The van der Waals surface area contributed by atoms with Gasteiger partial charge in [0.25, 0.3) is 5.91 Å². The Balaban J connectivity index is 0.00000205. The summed E-state index contributed by atoms with van der Waals surface area (Å²) in [6.07, 6.45) is 3.88. The van der Waals surface area contributed by atoms with E-state index in [1.54, 1.807) is 16.7 Å². The lowest BCUT2D eigenvalue weighted by molar-refractivity contribution is 0.0745.